The van der Waals surface area contributed by atoms with Crippen LogP contribution in [0.3, 0.4) is 0 Å². The number of rotatable bonds is 6. The average Bonchev–Trinajstić information content (AvgIpc) is 2.83. The summed E-state index contributed by atoms with van der Waals surface area (Å²) in [6.07, 6.45) is 12.0. The van der Waals surface area contributed by atoms with Crippen molar-refractivity contribution < 1.29 is 9.53 Å². The molecule has 0 aromatic carbocycles. The molecule has 0 aromatic heterocycles. The van der Waals surface area contributed by atoms with Gasteiger partial charge in [0, 0.05) is 25.8 Å². The second-order valence-electron chi connectivity index (χ2n) is 4.35. The second kappa shape index (κ2) is 8.07. The van der Waals surface area contributed by atoms with Crippen LogP contribution in [0.15, 0.2) is 24.3 Å². The molecule has 1 aliphatic rings. The van der Waals surface area contributed by atoms with E-state index >= 15 is 0 Å². The molecule has 1 amide bonds. The topological polar surface area (TPSA) is 29.5 Å². The van der Waals surface area contributed by atoms with Crippen molar-refractivity contribution >= 4 is 5.91 Å². The normalized spacial score (nSPS) is 17.3. The number of methoxy groups -OCH3 is 1. The van der Waals surface area contributed by atoms with Gasteiger partial charge in [-0.1, -0.05) is 31.1 Å². The Labute approximate surface area is 104 Å². The summed E-state index contributed by atoms with van der Waals surface area (Å²) in [5.74, 6) is 0.104. The molecule has 0 aliphatic heterocycles. The maximum atomic E-state index is 12.1. The van der Waals surface area contributed by atoms with Crippen LogP contribution >= 0.6 is 0 Å². The van der Waals surface area contributed by atoms with Gasteiger partial charge < -0.3 is 9.64 Å². The Hall–Kier alpha value is -1.09. The predicted octanol–water partition coefficient (Wildman–Crippen LogP) is 2.54. The first-order chi connectivity index (χ1) is 8.29. The van der Waals surface area contributed by atoms with Crippen molar-refractivity contribution in [3.63, 3.8) is 0 Å². The fourth-order valence-electron chi connectivity index (χ4n) is 2.22. The summed E-state index contributed by atoms with van der Waals surface area (Å²) in [5.41, 5.74) is 0. The van der Waals surface area contributed by atoms with E-state index in [9.17, 15) is 4.79 Å². The van der Waals surface area contributed by atoms with Gasteiger partial charge in [0.15, 0.2) is 0 Å². The number of carbonyl (C=O) groups excluding carboxylic acids is 1. The number of allylic oxidation sites excluding steroid dienone is 3. The van der Waals surface area contributed by atoms with Crippen molar-refractivity contribution in [1.29, 1.82) is 0 Å². The minimum absolute atomic E-state index is 0.104. The van der Waals surface area contributed by atoms with E-state index in [-0.39, 0.29) is 5.91 Å². The standard InChI is InChI=1S/C14H23NO2/c1-3-4-5-10-14(16)15(11-12-17-2)13-8-6-7-9-13/h3-5,10,13H,6-9,11-12H2,1-2H3. The molecule has 3 heteroatoms. The monoisotopic (exact) mass is 237 g/mol. The summed E-state index contributed by atoms with van der Waals surface area (Å²) in [4.78, 5) is 14.0. The molecule has 0 heterocycles. The first-order valence-electron chi connectivity index (χ1n) is 6.38. The molecule has 0 aromatic rings. The lowest BCUT2D eigenvalue weighted by molar-refractivity contribution is -0.128. The van der Waals surface area contributed by atoms with E-state index in [1.807, 2.05) is 24.0 Å². The quantitative estimate of drug-likeness (QED) is 0.525. The summed E-state index contributed by atoms with van der Waals surface area (Å²) in [6, 6.07) is 0.410. The highest BCUT2D eigenvalue weighted by Crippen LogP contribution is 2.23. The zero-order chi connectivity index (χ0) is 12.5. The van der Waals surface area contributed by atoms with Crippen molar-refractivity contribution in [2.45, 2.75) is 38.6 Å². The summed E-state index contributed by atoms with van der Waals surface area (Å²) in [5, 5.41) is 0. The molecule has 0 saturated heterocycles. The Morgan fingerprint density at radius 3 is 2.65 bits per heavy atom. The minimum Gasteiger partial charge on any atom is -0.383 e. The summed E-state index contributed by atoms with van der Waals surface area (Å²) < 4.78 is 5.08. The maximum absolute atomic E-state index is 12.1. The van der Waals surface area contributed by atoms with E-state index in [0.29, 0.717) is 19.2 Å². The Kier molecular flexibility index (Phi) is 6.63. The number of hydrogen-bond donors (Lipinski definition) is 0. The van der Waals surface area contributed by atoms with Crippen LogP contribution in [0.1, 0.15) is 32.6 Å². The van der Waals surface area contributed by atoms with Gasteiger partial charge in [-0.3, -0.25) is 4.79 Å². The second-order valence-corrected chi connectivity index (χ2v) is 4.35. The Morgan fingerprint density at radius 2 is 2.06 bits per heavy atom. The third kappa shape index (κ3) is 4.73. The molecule has 17 heavy (non-hydrogen) atoms. The molecule has 1 fully saturated rings. The van der Waals surface area contributed by atoms with Crippen molar-refractivity contribution in [3.05, 3.63) is 24.3 Å². The van der Waals surface area contributed by atoms with Crippen molar-refractivity contribution in [2.75, 3.05) is 20.3 Å². The summed E-state index contributed by atoms with van der Waals surface area (Å²) >= 11 is 0. The van der Waals surface area contributed by atoms with Gasteiger partial charge in [-0.05, 0) is 19.8 Å². The summed E-state index contributed by atoms with van der Waals surface area (Å²) in [7, 11) is 1.67. The van der Waals surface area contributed by atoms with Crippen LogP contribution in [-0.4, -0.2) is 37.1 Å². The lowest BCUT2D eigenvalue weighted by Crippen LogP contribution is -2.40. The van der Waals surface area contributed by atoms with Gasteiger partial charge in [0.1, 0.15) is 0 Å². The number of nitrogens with zero attached hydrogens (tertiary/aromatic N) is 1. The highest BCUT2D eigenvalue weighted by molar-refractivity contribution is 5.88. The Bertz CT molecular complexity index is 278. The molecular formula is C14H23NO2. The number of carbonyl (C=O) groups is 1. The highest BCUT2D eigenvalue weighted by Gasteiger charge is 2.24. The maximum Gasteiger partial charge on any atom is 0.246 e. The van der Waals surface area contributed by atoms with Gasteiger partial charge in [-0.25, -0.2) is 0 Å². The fraction of sp³-hybridized carbons (Fsp3) is 0.643. The molecule has 1 saturated carbocycles. The Balaban J connectivity index is 2.57. The molecule has 0 unspecified atom stereocenters. The summed E-state index contributed by atoms with van der Waals surface area (Å²) in [6.45, 7) is 3.24. The zero-order valence-corrected chi connectivity index (χ0v) is 10.9. The van der Waals surface area contributed by atoms with E-state index < -0.39 is 0 Å². The number of hydrogen-bond acceptors (Lipinski definition) is 2. The van der Waals surface area contributed by atoms with Crippen LogP contribution in [0.2, 0.25) is 0 Å². The SMILES string of the molecule is CC=CC=CC(=O)N(CCOC)C1CCCC1. The van der Waals surface area contributed by atoms with Crippen LogP contribution in [0.4, 0.5) is 0 Å². The van der Waals surface area contributed by atoms with E-state index in [4.69, 9.17) is 4.74 Å². The smallest absolute Gasteiger partial charge is 0.246 e. The molecule has 0 N–H and O–H groups in total. The van der Waals surface area contributed by atoms with E-state index in [1.165, 1.54) is 12.8 Å². The molecule has 0 radical (unpaired) electrons. The van der Waals surface area contributed by atoms with Gasteiger partial charge in [0.2, 0.25) is 5.91 Å². The lowest BCUT2D eigenvalue weighted by Gasteiger charge is -2.27. The number of amides is 1. The van der Waals surface area contributed by atoms with Gasteiger partial charge in [0.25, 0.3) is 0 Å². The number of ether oxygens (including phenoxy) is 1. The zero-order valence-electron chi connectivity index (χ0n) is 10.9. The van der Waals surface area contributed by atoms with Gasteiger partial charge in [-0.15, -0.1) is 0 Å². The van der Waals surface area contributed by atoms with Crippen LogP contribution < -0.4 is 0 Å². The third-order valence-electron chi connectivity index (χ3n) is 3.13. The molecule has 1 rings (SSSR count). The molecule has 0 bridgehead atoms. The molecule has 3 nitrogen and oxygen atoms in total. The molecule has 0 atom stereocenters. The van der Waals surface area contributed by atoms with Gasteiger partial charge >= 0.3 is 0 Å². The molecule has 1 aliphatic carbocycles. The van der Waals surface area contributed by atoms with Gasteiger partial charge in [0.05, 0.1) is 6.61 Å². The highest BCUT2D eigenvalue weighted by atomic mass is 16.5. The van der Waals surface area contributed by atoms with Crippen LogP contribution in [0.25, 0.3) is 0 Å². The van der Waals surface area contributed by atoms with Crippen LogP contribution in [-0.2, 0) is 9.53 Å². The van der Waals surface area contributed by atoms with Crippen molar-refractivity contribution in [2.24, 2.45) is 0 Å². The van der Waals surface area contributed by atoms with Crippen molar-refractivity contribution in [3.8, 4) is 0 Å². The van der Waals surface area contributed by atoms with Crippen LogP contribution in [0, 0.1) is 0 Å². The fourth-order valence-corrected chi connectivity index (χ4v) is 2.22. The average molecular weight is 237 g/mol. The molecule has 96 valence electrons. The van der Waals surface area contributed by atoms with E-state index in [1.54, 1.807) is 19.3 Å². The largest absolute Gasteiger partial charge is 0.383 e. The Morgan fingerprint density at radius 1 is 1.35 bits per heavy atom. The lowest BCUT2D eigenvalue weighted by atomic mass is 10.2. The first-order valence-corrected chi connectivity index (χ1v) is 6.38. The van der Waals surface area contributed by atoms with E-state index in [0.717, 1.165) is 12.8 Å². The van der Waals surface area contributed by atoms with Crippen LogP contribution in [0.5, 0.6) is 0 Å². The predicted molar refractivity (Wildman–Crippen MR) is 69.8 cm³/mol. The molecular weight excluding hydrogens is 214 g/mol. The van der Waals surface area contributed by atoms with Gasteiger partial charge in [-0.2, -0.15) is 0 Å². The first kappa shape index (κ1) is 14.0. The molecule has 0 spiro atoms. The van der Waals surface area contributed by atoms with E-state index in [2.05, 4.69) is 0 Å². The third-order valence-corrected chi connectivity index (χ3v) is 3.13. The van der Waals surface area contributed by atoms with Crippen molar-refractivity contribution in [1.82, 2.24) is 4.90 Å². The minimum atomic E-state index is 0.104.